The summed E-state index contributed by atoms with van der Waals surface area (Å²) in [5.74, 6) is -0.141. The Kier molecular flexibility index (Phi) is 3.78. The quantitative estimate of drug-likeness (QED) is 0.797. The molecule has 0 bridgehead atoms. The first-order chi connectivity index (χ1) is 10.3. The van der Waals surface area contributed by atoms with Crippen molar-refractivity contribution < 1.29 is 9.21 Å². The van der Waals surface area contributed by atoms with Crippen molar-refractivity contribution in [2.45, 2.75) is 6.54 Å². The fourth-order valence-corrected chi connectivity index (χ4v) is 2.00. The molecule has 0 saturated carbocycles. The van der Waals surface area contributed by atoms with E-state index >= 15 is 0 Å². The number of carbonyl (C=O) groups excluding carboxylic acids is 1. The van der Waals surface area contributed by atoms with E-state index in [9.17, 15) is 4.79 Å². The Morgan fingerprint density at radius 3 is 2.62 bits per heavy atom. The van der Waals surface area contributed by atoms with Crippen molar-refractivity contribution in [3.8, 4) is 11.3 Å². The van der Waals surface area contributed by atoms with E-state index in [1.165, 1.54) is 12.5 Å². The van der Waals surface area contributed by atoms with Crippen LogP contribution in [0.5, 0.6) is 0 Å². The molecule has 0 saturated heterocycles. The van der Waals surface area contributed by atoms with E-state index < -0.39 is 0 Å². The van der Waals surface area contributed by atoms with Gasteiger partial charge in [-0.05, 0) is 23.8 Å². The molecule has 3 aromatic rings. The first-order valence-corrected chi connectivity index (χ1v) is 6.64. The Bertz CT molecular complexity index is 704. The summed E-state index contributed by atoms with van der Waals surface area (Å²) < 4.78 is 4.88. The molecule has 4 nitrogen and oxygen atoms in total. The van der Waals surface area contributed by atoms with Crippen LogP contribution >= 0.6 is 0 Å². The lowest BCUT2D eigenvalue weighted by Crippen LogP contribution is -2.22. The highest BCUT2D eigenvalue weighted by molar-refractivity contribution is 5.93. The third kappa shape index (κ3) is 3.17. The predicted molar refractivity (Wildman–Crippen MR) is 79.6 cm³/mol. The van der Waals surface area contributed by atoms with Crippen LogP contribution in [0.2, 0.25) is 0 Å². The summed E-state index contributed by atoms with van der Waals surface area (Å²) in [6, 6.07) is 15.4. The Morgan fingerprint density at radius 2 is 1.95 bits per heavy atom. The number of nitrogens with one attached hydrogen (secondary N) is 1. The molecule has 1 aromatic carbocycles. The summed E-state index contributed by atoms with van der Waals surface area (Å²) in [6.07, 6.45) is 4.68. The number of amides is 1. The van der Waals surface area contributed by atoms with Gasteiger partial charge in [0.15, 0.2) is 0 Å². The molecule has 0 unspecified atom stereocenters. The van der Waals surface area contributed by atoms with Crippen LogP contribution in [0.15, 0.2) is 71.7 Å². The lowest BCUT2D eigenvalue weighted by Gasteiger charge is -2.05. The van der Waals surface area contributed by atoms with Gasteiger partial charge in [0.1, 0.15) is 6.26 Å². The molecule has 21 heavy (non-hydrogen) atoms. The van der Waals surface area contributed by atoms with Crippen LogP contribution in [0.4, 0.5) is 0 Å². The number of pyridine rings is 1. The van der Waals surface area contributed by atoms with Gasteiger partial charge in [-0.15, -0.1) is 0 Å². The number of rotatable bonds is 4. The fraction of sp³-hybridized carbons (Fsp3) is 0.0588. The fourth-order valence-electron chi connectivity index (χ4n) is 2.00. The molecule has 0 aliphatic rings. The maximum atomic E-state index is 11.8. The van der Waals surface area contributed by atoms with Crippen LogP contribution in [0, 0.1) is 0 Å². The van der Waals surface area contributed by atoms with Crippen molar-refractivity contribution in [2.75, 3.05) is 0 Å². The third-order valence-electron chi connectivity index (χ3n) is 3.15. The second-order valence-electron chi connectivity index (χ2n) is 4.61. The monoisotopic (exact) mass is 278 g/mol. The molecule has 0 aliphatic heterocycles. The summed E-state index contributed by atoms with van der Waals surface area (Å²) in [5.41, 5.74) is 3.55. The van der Waals surface area contributed by atoms with Crippen molar-refractivity contribution in [1.82, 2.24) is 10.3 Å². The van der Waals surface area contributed by atoms with Gasteiger partial charge in [-0.2, -0.15) is 0 Å². The zero-order valence-corrected chi connectivity index (χ0v) is 11.3. The average Bonchev–Trinajstić information content (AvgIpc) is 3.08. The molecule has 0 spiro atoms. The van der Waals surface area contributed by atoms with Crippen LogP contribution in [-0.4, -0.2) is 10.9 Å². The normalized spacial score (nSPS) is 10.3. The summed E-state index contributed by atoms with van der Waals surface area (Å²) in [7, 11) is 0. The van der Waals surface area contributed by atoms with Gasteiger partial charge >= 0.3 is 0 Å². The Hall–Kier alpha value is -2.88. The zero-order valence-electron chi connectivity index (χ0n) is 11.3. The Balaban J connectivity index is 1.64. The molecule has 1 N–H and O–H groups in total. The highest BCUT2D eigenvalue weighted by atomic mass is 16.3. The van der Waals surface area contributed by atoms with Gasteiger partial charge in [-0.1, -0.05) is 30.3 Å². The van der Waals surface area contributed by atoms with E-state index in [1.807, 2.05) is 42.5 Å². The minimum atomic E-state index is -0.141. The van der Waals surface area contributed by atoms with Gasteiger partial charge in [0, 0.05) is 18.3 Å². The third-order valence-corrected chi connectivity index (χ3v) is 3.15. The zero-order chi connectivity index (χ0) is 14.5. The van der Waals surface area contributed by atoms with Crippen molar-refractivity contribution >= 4 is 5.91 Å². The van der Waals surface area contributed by atoms with Crippen LogP contribution in [-0.2, 0) is 6.54 Å². The number of carbonyl (C=O) groups is 1. The maximum Gasteiger partial charge on any atom is 0.254 e. The molecule has 4 heteroatoms. The summed E-state index contributed by atoms with van der Waals surface area (Å²) in [4.78, 5) is 16.1. The molecule has 2 heterocycles. The number of hydrogen-bond acceptors (Lipinski definition) is 3. The van der Waals surface area contributed by atoms with Gasteiger partial charge < -0.3 is 9.73 Å². The second kappa shape index (κ2) is 6.05. The van der Waals surface area contributed by atoms with Crippen molar-refractivity contribution in [3.05, 3.63) is 78.4 Å². The second-order valence-corrected chi connectivity index (χ2v) is 4.61. The molecule has 0 radical (unpaired) electrons. The molecule has 104 valence electrons. The van der Waals surface area contributed by atoms with Gasteiger partial charge in [0.2, 0.25) is 0 Å². The maximum absolute atomic E-state index is 11.8. The molecular weight excluding hydrogens is 264 g/mol. The predicted octanol–water partition coefficient (Wildman–Crippen LogP) is 3.27. The minimum Gasteiger partial charge on any atom is -0.472 e. The minimum absolute atomic E-state index is 0.141. The highest BCUT2D eigenvalue weighted by Crippen LogP contribution is 2.16. The lowest BCUT2D eigenvalue weighted by atomic mass is 10.1. The number of furan rings is 1. The topological polar surface area (TPSA) is 55.1 Å². The number of nitrogens with zero attached hydrogens (tertiary/aromatic N) is 1. The van der Waals surface area contributed by atoms with E-state index in [2.05, 4.69) is 10.3 Å². The van der Waals surface area contributed by atoms with E-state index in [1.54, 1.807) is 12.3 Å². The van der Waals surface area contributed by atoms with Gasteiger partial charge in [0.25, 0.3) is 5.91 Å². The standard InChI is InChI=1S/C17H14N2O2/c20-17(15-8-10-21-12-15)19-11-13-4-6-14(7-5-13)16-3-1-2-9-18-16/h1-10,12H,11H2,(H,19,20). The van der Waals surface area contributed by atoms with Crippen LogP contribution < -0.4 is 5.32 Å². The first kappa shape index (κ1) is 13.1. The lowest BCUT2D eigenvalue weighted by molar-refractivity contribution is 0.0950. The van der Waals surface area contributed by atoms with E-state index in [0.29, 0.717) is 12.1 Å². The Morgan fingerprint density at radius 1 is 1.10 bits per heavy atom. The van der Waals surface area contributed by atoms with Gasteiger partial charge in [-0.3, -0.25) is 9.78 Å². The largest absolute Gasteiger partial charge is 0.472 e. The molecule has 2 aromatic heterocycles. The van der Waals surface area contributed by atoms with Crippen molar-refractivity contribution in [3.63, 3.8) is 0 Å². The van der Waals surface area contributed by atoms with Crippen LogP contribution in [0.25, 0.3) is 11.3 Å². The molecule has 0 fully saturated rings. The summed E-state index contributed by atoms with van der Waals surface area (Å²) in [6.45, 7) is 0.479. The number of benzene rings is 1. The highest BCUT2D eigenvalue weighted by Gasteiger charge is 2.06. The Labute approximate surface area is 122 Å². The molecule has 1 amide bonds. The molecular formula is C17H14N2O2. The average molecular weight is 278 g/mol. The molecule has 0 aliphatic carbocycles. The summed E-state index contributed by atoms with van der Waals surface area (Å²) in [5, 5.41) is 2.85. The van der Waals surface area contributed by atoms with E-state index in [4.69, 9.17) is 4.42 Å². The smallest absolute Gasteiger partial charge is 0.254 e. The molecule has 3 rings (SSSR count). The first-order valence-electron chi connectivity index (χ1n) is 6.64. The van der Waals surface area contributed by atoms with E-state index in [-0.39, 0.29) is 5.91 Å². The van der Waals surface area contributed by atoms with E-state index in [0.717, 1.165) is 16.8 Å². The SMILES string of the molecule is O=C(NCc1ccc(-c2ccccn2)cc1)c1ccoc1. The van der Waals surface area contributed by atoms with Crippen molar-refractivity contribution in [1.29, 1.82) is 0 Å². The number of aromatic nitrogens is 1. The van der Waals surface area contributed by atoms with Crippen molar-refractivity contribution in [2.24, 2.45) is 0 Å². The van der Waals surface area contributed by atoms with Gasteiger partial charge in [-0.25, -0.2) is 0 Å². The number of hydrogen-bond donors (Lipinski definition) is 1. The van der Waals surface area contributed by atoms with Crippen LogP contribution in [0.3, 0.4) is 0 Å². The molecule has 0 atom stereocenters. The van der Waals surface area contributed by atoms with Crippen LogP contribution in [0.1, 0.15) is 15.9 Å². The van der Waals surface area contributed by atoms with Gasteiger partial charge in [0.05, 0.1) is 17.5 Å². The summed E-state index contributed by atoms with van der Waals surface area (Å²) >= 11 is 0.